The van der Waals surface area contributed by atoms with Crippen molar-refractivity contribution in [2.45, 2.75) is 0 Å². The zero-order valence-electron chi connectivity index (χ0n) is 6.08. The second kappa shape index (κ2) is 11.8. The van der Waals surface area contributed by atoms with Crippen molar-refractivity contribution in [3.05, 3.63) is 0 Å². The van der Waals surface area contributed by atoms with E-state index >= 15 is 0 Å². The average Bonchev–Trinajstić information content (AvgIpc) is 0.918. The molecule has 0 aliphatic carbocycles. The van der Waals surface area contributed by atoms with Gasteiger partial charge in [-0.25, -0.2) is 0 Å². The van der Waals surface area contributed by atoms with Crippen molar-refractivity contribution in [1.82, 2.24) is 5.32 Å². The van der Waals surface area contributed by atoms with Gasteiger partial charge in [0.15, 0.2) is 0 Å². The second-order valence-corrected chi connectivity index (χ2v) is 0.500. The van der Waals surface area contributed by atoms with Crippen LogP contribution in [0.4, 0.5) is 0 Å². The summed E-state index contributed by atoms with van der Waals surface area (Å²) in [5.41, 5.74) is 0. The first-order valence-electron chi connectivity index (χ1n) is 1.00. The first-order valence-corrected chi connectivity index (χ1v) is 1.00. The molecule has 26 valence electrons. The Morgan fingerprint density at radius 3 is 1.50 bits per heavy atom. The normalized spacial score (nSPS) is 4.50. The molecule has 0 aliphatic rings. The first-order chi connectivity index (χ1) is 1.41. The van der Waals surface area contributed by atoms with Gasteiger partial charge in [-0.3, -0.25) is 0 Å². The van der Waals surface area contributed by atoms with Crippen molar-refractivity contribution in [2.24, 2.45) is 0 Å². The summed E-state index contributed by atoms with van der Waals surface area (Å²) in [6.07, 6.45) is 0. The fourth-order valence-electron chi connectivity index (χ4n) is 0. The van der Waals surface area contributed by atoms with Crippen molar-refractivity contribution >= 4 is 8.41 Å². The Bertz CT molecular complexity index is 12.9. The van der Waals surface area contributed by atoms with Crippen LogP contribution in [-0.4, -0.2) is 22.5 Å². The Morgan fingerprint density at radius 1 is 1.50 bits per heavy atom. The van der Waals surface area contributed by atoms with Crippen LogP contribution in [0.3, 0.4) is 0 Å². The molecule has 0 fully saturated rings. The Hall–Kier alpha value is 0.0249. The van der Waals surface area contributed by atoms with E-state index in [0.717, 1.165) is 0 Å². The summed E-state index contributed by atoms with van der Waals surface area (Å²) in [5.74, 6) is 0. The van der Waals surface area contributed by atoms with Crippen molar-refractivity contribution in [3.8, 4) is 0 Å². The van der Waals surface area contributed by atoms with Crippen LogP contribution in [0.25, 0.3) is 0 Å². The smallest absolute Gasteiger partial charge is 1.00 e. The van der Waals surface area contributed by atoms with E-state index in [1.807, 2.05) is 14.1 Å². The molecule has 0 saturated heterocycles. The van der Waals surface area contributed by atoms with Crippen molar-refractivity contribution in [1.29, 1.82) is 0 Å². The summed E-state index contributed by atoms with van der Waals surface area (Å²) >= 11 is 0. The van der Waals surface area contributed by atoms with E-state index in [9.17, 15) is 0 Å². The van der Waals surface area contributed by atoms with Gasteiger partial charge in [-0.2, -0.15) is 0 Å². The molecular formula is C2H10BN. The molecule has 4 heavy (non-hydrogen) atoms. The molecule has 2 heteroatoms. The summed E-state index contributed by atoms with van der Waals surface area (Å²) in [6.45, 7) is 0. The zero-order valence-corrected chi connectivity index (χ0v) is 3.08. The van der Waals surface area contributed by atoms with Crippen LogP contribution in [0.2, 0.25) is 0 Å². The van der Waals surface area contributed by atoms with Gasteiger partial charge in [0.25, 0.3) is 0 Å². The maximum atomic E-state index is 2.75. The van der Waals surface area contributed by atoms with Crippen molar-refractivity contribution in [2.75, 3.05) is 14.1 Å². The molecule has 0 rings (SSSR count). The molecule has 0 aromatic carbocycles. The molecule has 0 spiro atoms. The quantitative estimate of drug-likeness (QED) is 0.381. The minimum Gasteiger partial charge on any atom is -1.00 e. The van der Waals surface area contributed by atoms with Gasteiger partial charge < -0.3 is 9.60 Å². The molecule has 0 atom stereocenters. The van der Waals surface area contributed by atoms with E-state index in [1.165, 1.54) is 0 Å². The third-order valence-electron chi connectivity index (χ3n) is 0. The third kappa shape index (κ3) is 3420. The number of hydrogen-bond acceptors (Lipinski definition) is 1. The standard InChI is InChI=1S/C2H7N.B.3H/c1-3-2;;;;/h3H,1-2H3;;;;/q;+3;3*-1. The van der Waals surface area contributed by atoms with Crippen LogP contribution < -0.4 is 5.32 Å². The molecule has 0 aliphatic heterocycles. The van der Waals surface area contributed by atoms with Gasteiger partial charge in [0.2, 0.25) is 0 Å². The third-order valence-corrected chi connectivity index (χ3v) is 0. The molecule has 0 bridgehead atoms. The Labute approximate surface area is 33.4 Å². The predicted molar refractivity (Wildman–Crippen MR) is 24.1 cm³/mol. The van der Waals surface area contributed by atoms with E-state index in [4.69, 9.17) is 0 Å². The summed E-state index contributed by atoms with van der Waals surface area (Å²) in [7, 11) is 3.75. The number of hydrogen-bond donors (Lipinski definition) is 1. The topological polar surface area (TPSA) is 12.0 Å². The molecule has 0 aromatic rings. The van der Waals surface area contributed by atoms with Gasteiger partial charge in [-0.1, -0.05) is 0 Å². The van der Waals surface area contributed by atoms with E-state index < -0.39 is 0 Å². The number of rotatable bonds is 0. The van der Waals surface area contributed by atoms with E-state index in [2.05, 4.69) is 5.32 Å². The predicted octanol–water partition coefficient (Wildman–Crippen LogP) is -0.208. The van der Waals surface area contributed by atoms with E-state index in [0.29, 0.717) is 0 Å². The van der Waals surface area contributed by atoms with Crippen LogP contribution in [0.15, 0.2) is 0 Å². The minimum absolute atomic E-state index is 0. The molecule has 0 saturated carbocycles. The van der Waals surface area contributed by atoms with Crippen molar-refractivity contribution in [3.63, 3.8) is 0 Å². The maximum Gasteiger partial charge on any atom is 3.00 e. The average molecular weight is 58.9 g/mol. The van der Waals surface area contributed by atoms with Gasteiger partial charge >= 0.3 is 8.41 Å². The van der Waals surface area contributed by atoms with Crippen LogP contribution in [-0.2, 0) is 0 Å². The maximum absolute atomic E-state index is 2.75. The zero-order chi connectivity index (χ0) is 2.71. The summed E-state index contributed by atoms with van der Waals surface area (Å²) < 4.78 is 0. The summed E-state index contributed by atoms with van der Waals surface area (Å²) in [4.78, 5) is 0. The fraction of sp³-hybridized carbons (Fsp3) is 1.00. The Kier molecular flexibility index (Phi) is 26.5. The molecule has 0 radical (unpaired) electrons. The molecule has 0 aromatic heterocycles. The van der Waals surface area contributed by atoms with Crippen LogP contribution in [0.1, 0.15) is 4.28 Å². The molecule has 1 N–H and O–H groups in total. The molecule has 0 unspecified atom stereocenters. The number of nitrogens with one attached hydrogen (secondary N) is 1. The molecule has 0 amide bonds. The summed E-state index contributed by atoms with van der Waals surface area (Å²) in [5, 5.41) is 2.75. The molecule has 0 heterocycles. The minimum atomic E-state index is 0. The van der Waals surface area contributed by atoms with Gasteiger partial charge in [0.05, 0.1) is 0 Å². The second-order valence-electron chi connectivity index (χ2n) is 0.500. The van der Waals surface area contributed by atoms with Gasteiger partial charge in [-0.05, 0) is 14.1 Å². The molecule has 1 nitrogen and oxygen atoms in total. The van der Waals surface area contributed by atoms with Crippen LogP contribution in [0, 0.1) is 0 Å². The fourth-order valence-corrected chi connectivity index (χ4v) is 0. The van der Waals surface area contributed by atoms with Gasteiger partial charge in [0.1, 0.15) is 0 Å². The van der Waals surface area contributed by atoms with Gasteiger partial charge in [-0.15, -0.1) is 0 Å². The summed E-state index contributed by atoms with van der Waals surface area (Å²) in [6, 6.07) is 0. The van der Waals surface area contributed by atoms with Crippen molar-refractivity contribution < 1.29 is 4.28 Å². The largest absolute Gasteiger partial charge is 3.00 e. The Balaban J connectivity index is -0.00000000333. The monoisotopic (exact) mass is 59.1 g/mol. The van der Waals surface area contributed by atoms with E-state index in [1.54, 1.807) is 0 Å². The van der Waals surface area contributed by atoms with Crippen LogP contribution in [0.5, 0.6) is 0 Å². The first kappa shape index (κ1) is 8.98. The Morgan fingerprint density at radius 2 is 1.50 bits per heavy atom. The molecular weight excluding hydrogens is 48.8 g/mol. The SMILES string of the molecule is CNC.[B+3].[H-].[H-].[H-]. The van der Waals surface area contributed by atoms with Gasteiger partial charge in [0, 0.05) is 0 Å². The van der Waals surface area contributed by atoms with E-state index in [-0.39, 0.29) is 12.7 Å². The van der Waals surface area contributed by atoms with Crippen LogP contribution >= 0.6 is 0 Å².